The molecule has 7 nitrogen and oxygen atoms in total. The number of nitrogens with one attached hydrogen (secondary N) is 1. The van der Waals surface area contributed by atoms with Crippen molar-refractivity contribution in [1.29, 1.82) is 0 Å². The first kappa shape index (κ1) is 14.3. The average Bonchev–Trinajstić information content (AvgIpc) is 3.18. The van der Waals surface area contributed by atoms with Crippen LogP contribution in [-0.4, -0.2) is 40.9 Å². The predicted molar refractivity (Wildman–Crippen MR) is 86.6 cm³/mol. The highest BCUT2D eigenvalue weighted by Gasteiger charge is 2.45. The van der Waals surface area contributed by atoms with E-state index in [1.165, 1.54) is 0 Å². The SMILES string of the molecule is FC1(F)CC(Nc2ncc3c(-c4cnc5nccn5c4)ccn3n2)C1. The maximum absolute atomic E-state index is 12.9. The minimum absolute atomic E-state index is 0.179. The zero-order valence-electron chi connectivity index (χ0n) is 13.0. The predicted octanol–water partition coefficient (Wildman–Crippen LogP) is 2.65. The number of imidazole rings is 1. The van der Waals surface area contributed by atoms with Crippen molar-refractivity contribution in [3.63, 3.8) is 0 Å². The van der Waals surface area contributed by atoms with Crippen molar-refractivity contribution in [2.45, 2.75) is 24.8 Å². The van der Waals surface area contributed by atoms with Gasteiger partial charge in [-0.05, 0) is 6.07 Å². The van der Waals surface area contributed by atoms with Crippen molar-refractivity contribution in [3.05, 3.63) is 43.2 Å². The van der Waals surface area contributed by atoms with E-state index in [9.17, 15) is 8.78 Å². The summed E-state index contributed by atoms with van der Waals surface area (Å²) in [5.41, 5.74) is 2.66. The molecule has 0 aliphatic heterocycles. The zero-order chi connectivity index (χ0) is 17.0. The molecule has 0 amide bonds. The summed E-state index contributed by atoms with van der Waals surface area (Å²) in [6.07, 6.45) is 10.3. The fourth-order valence-corrected chi connectivity index (χ4v) is 3.11. The van der Waals surface area contributed by atoms with Crippen molar-refractivity contribution in [2.75, 3.05) is 5.32 Å². The Morgan fingerprint density at radius 1 is 1.12 bits per heavy atom. The van der Waals surface area contributed by atoms with Crippen molar-refractivity contribution in [3.8, 4) is 11.1 Å². The Morgan fingerprint density at radius 3 is 2.84 bits per heavy atom. The van der Waals surface area contributed by atoms with Gasteiger partial charge in [0, 0.05) is 61.0 Å². The van der Waals surface area contributed by atoms with Crippen LogP contribution in [0.2, 0.25) is 0 Å². The van der Waals surface area contributed by atoms with E-state index < -0.39 is 5.92 Å². The van der Waals surface area contributed by atoms with E-state index in [0.717, 1.165) is 16.6 Å². The number of rotatable bonds is 3. The summed E-state index contributed by atoms with van der Waals surface area (Å²) in [6.45, 7) is 0. The van der Waals surface area contributed by atoms with Crippen LogP contribution < -0.4 is 5.32 Å². The Bertz CT molecular complexity index is 1080. The molecule has 0 unspecified atom stereocenters. The molecule has 0 aromatic carbocycles. The smallest absolute Gasteiger partial charge is 0.252 e. The summed E-state index contributed by atoms with van der Waals surface area (Å²) in [4.78, 5) is 12.7. The van der Waals surface area contributed by atoms with E-state index >= 15 is 0 Å². The summed E-state index contributed by atoms with van der Waals surface area (Å²) >= 11 is 0. The Balaban J connectivity index is 1.46. The van der Waals surface area contributed by atoms with Gasteiger partial charge in [-0.25, -0.2) is 28.2 Å². The standard InChI is InChI=1S/C16H13F2N7/c17-16(18)5-11(6-16)22-14-20-8-13-12(1-3-25(13)23-14)10-7-21-15-19-2-4-24(15)9-10/h1-4,7-9,11H,5-6H2,(H,22,23). The highest BCUT2D eigenvalue weighted by Crippen LogP contribution is 2.38. The third kappa shape index (κ3) is 2.39. The lowest BCUT2D eigenvalue weighted by atomic mass is 9.88. The molecule has 4 heterocycles. The monoisotopic (exact) mass is 341 g/mol. The molecule has 4 aromatic rings. The maximum Gasteiger partial charge on any atom is 0.252 e. The lowest BCUT2D eigenvalue weighted by molar-refractivity contribution is -0.0794. The largest absolute Gasteiger partial charge is 0.350 e. The van der Waals surface area contributed by atoms with Gasteiger partial charge in [-0.1, -0.05) is 0 Å². The number of anilines is 1. The molecule has 9 heteroatoms. The zero-order valence-corrected chi connectivity index (χ0v) is 13.0. The lowest BCUT2D eigenvalue weighted by Crippen LogP contribution is -2.44. The summed E-state index contributed by atoms with van der Waals surface area (Å²) in [5.74, 6) is -1.59. The van der Waals surface area contributed by atoms with E-state index in [0.29, 0.717) is 11.7 Å². The lowest BCUT2D eigenvalue weighted by Gasteiger charge is -2.35. The molecule has 1 saturated carbocycles. The Hall–Kier alpha value is -3.10. The van der Waals surface area contributed by atoms with Gasteiger partial charge in [-0.2, -0.15) is 0 Å². The highest BCUT2D eigenvalue weighted by atomic mass is 19.3. The van der Waals surface area contributed by atoms with Gasteiger partial charge in [-0.15, -0.1) is 5.10 Å². The molecule has 0 saturated heterocycles. The molecule has 1 N–H and O–H groups in total. The van der Waals surface area contributed by atoms with Gasteiger partial charge in [-0.3, -0.25) is 4.40 Å². The summed E-state index contributed by atoms with van der Waals surface area (Å²) in [7, 11) is 0. The third-order valence-corrected chi connectivity index (χ3v) is 4.40. The molecular weight excluding hydrogens is 328 g/mol. The summed E-state index contributed by atoms with van der Waals surface area (Å²) in [5, 5.41) is 7.30. The van der Waals surface area contributed by atoms with Gasteiger partial charge in [0.1, 0.15) is 0 Å². The first-order chi connectivity index (χ1) is 12.1. The van der Waals surface area contributed by atoms with Crippen molar-refractivity contribution in [2.24, 2.45) is 0 Å². The van der Waals surface area contributed by atoms with Crippen LogP contribution in [-0.2, 0) is 0 Å². The van der Waals surface area contributed by atoms with Gasteiger partial charge < -0.3 is 5.32 Å². The van der Waals surface area contributed by atoms with E-state index in [4.69, 9.17) is 0 Å². The fraction of sp³-hybridized carbons (Fsp3) is 0.250. The first-order valence-corrected chi connectivity index (χ1v) is 7.85. The molecule has 1 aliphatic rings. The minimum Gasteiger partial charge on any atom is -0.350 e. The van der Waals surface area contributed by atoms with Gasteiger partial charge in [0.25, 0.3) is 5.92 Å². The normalized spacial score (nSPS) is 17.0. The topological polar surface area (TPSA) is 72.4 Å². The number of alkyl halides is 2. The maximum atomic E-state index is 12.9. The fourth-order valence-electron chi connectivity index (χ4n) is 3.11. The second kappa shape index (κ2) is 4.95. The second-order valence-electron chi connectivity index (χ2n) is 6.22. The third-order valence-electron chi connectivity index (χ3n) is 4.40. The van der Waals surface area contributed by atoms with Crippen LogP contribution >= 0.6 is 0 Å². The van der Waals surface area contributed by atoms with Gasteiger partial charge in [0.05, 0.1) is 11.7 Å². The minimum atomic E-state index is -2.57. The van der Waals surface area contributed by atoms with E-state index in [-0.39, 0.29) is 18.9 Å². The molecule has 25 heavy (non-hydrogen) atoms. The van der Waals surface area contributed by atoms with Crippen molar-refractivity contribution in [1.82, 2.24) is 29.0 Å². The number of aromatic nitrogens is 6. The molecule has 0 atom stereocenters. The molecule has 1 aliphatic carbocycles. The van der Waals surface area contributed by atoms with Crippen LogP contribution in [0, 0.1) is 0 Å². The Morgan fingerprint density at radius 2 is 2.00 bits per heavy atom. The number of hydrogen-bond acceptors (Lipinski definition) is 5. The molecule has 1 fully saturated rings. The molecule has 5 rings (SSSR count). The van der Waals surface area contributed by atoms with Crippen LogP contribution in [0.1, 0.15) is 12.8 Å². The van der Waals surface area contributed by atoms with Crippen molar-refractivity contribution < 1.29 is 8.78 Å². The van der Waals surface area contributed by atoms with Gasteiger partial charge in [0.2, 0.25) is 11.7 Å². The van der Waals surface area contributed by atoms with Crippen molar-refractivity contribution >= 4 is 17.2 Å². The van der Waals surface area contributed by atoms with Crippen LogP contribution in [0.15, 0.2) is 43.2 Å². The summed E-state index contributed by atoms with van der Waals surface area (Å²) in [6, 6.07) is 1.64. The van der Waals surface area contributed by atoms with Gasteiger partial charge in [0.15, 0.2) is 0 Å². The quantitative estimate of drug-likeness (QED) is 0.620. The summed E-state index contributed by atoms with van der Waals surface area (Å²) < 4.78 is 29.4. The van der Waals surface area contributed by atoms with Crippen LogP contribution in [0.3, 0.4) is 0 Å². The molecule has 0 bridgehead atoms. The second-order valence-corrected chi connectivity index (χ2v) is 6.22. The molecular formula is C16H13F2N7. The average molecular weight is 341 g/mol. The van der Waals surface area contributed by atoms with Gasteiger partial charge >= 0.3 is 0 Å². The van der Waals surface area contributed by atoms with Crippen LogP contribution in [0.5, 0.6) is 0 Å². The number of hydrogen-bond donors (Lipinski definition) is 1. The molecule has 126 valence electrons. The van der Waals surface area contributed by atoms with E-state index in [2.05, 4.69) is 25.4 Å². The van der Waals surface area contributed by atoms with Crippen LogP contribution in [0.4, 0.5) is 14.7 Å². The first-order valence-electron chi connectivity index (χ1n) is 7.85. The number of halogens is 2. The molecule has 0 spiro atoms. The van der Waals surface area contributed by atoms with E-state index in [1.54, 1.807) is 23.1 Å². The Labute approximate surface area is 140 Å². The van der Waals surface area contributed by atoms with Crippen LogP contribution in [0.25, 0.3) is 22.4 Å². The molecule has 0 radical (unpaired) electrons. The van der Waals surface area contributed by atoms with E-state index in [1.807, 2.05) is 29.1 Å². The number of fused-ring (bicyclic) bond motifs is 2. The highest BCUT2D eigenvalue weighted by molar-refractivity contribution is 5.79. The Kier molecular flexibility index (Phi) is 2.82. The molecule has 4 aromatic heterocycles. The number of nitrogens with zero attached hydrogens (tertiary/aromatic N) is 6.